The molecule has 1 nitrogen and oxygen atoms in total. The molecule has 104 valence electrons. The maximum atomic E-state index is 11.3. The predicted molar refractivity (Wildman–Crippen MR) is 83.5 cm³/mol. The van der Waals surface area contributed by atoms with Crippen LogP contribution in [0.15, 0.2) is 42.5 Å². The standard InChI is InChI=1S/C17H16Cl2O/c18-13-8-9-16(19)15(11-13)17(20)10-4-3-6-12-5-1-2-7-14(12)17/h1-2,5,7-9,11,20H,3-4,6,10H2. The van der Waals surface area contributed by atoms with Gasteiger partial charge in [-0.05, 0) is 55.0 Å². The van der Waals surface area contributed by atoms with Crippen LogP contribution < -0.4 is 0 Å². The van der Waals surface area contributed by atoms with Crippen molar-refractivity contribution in [1.29, 1.82) is 0 Å². The lowest BCUT2D eigenvalue weighted by molar-refractivity contribution is 0.0706. The fourth-order valence-electron chi connectivity index (χ4n) is 3.07. The van der Waals surface area contributed by atoms with E-state index in [-0.39, 0.29) is 0 Å². The summed E-state index contributed by atoms with van der Waals surface area (Å²) in [5.74, 6) is 0. The summed E-state index contributed by atoms with van der Waals surface area (Å²) in [6, 6.07) is 13.4. The van der Waals surface area contributed by atoms with Crippen LogP contribution in [0.5, 0.6) is 0 Å². The van der Waals surface area contributed by atoms with E-state index in [1.54, 1.807) is 18.2 Å². The van der Waals surface area contributed by atoms with Crippen LogP contribution in [0.4, 0.5) is 0 Å². The van der Waals surface area contributed by atoms with Crippen molar-refractivity contribution in [1.82, 2.24) is 0 Å². The number of fused-ring (bicyclic) bond motifs is 1. The van der Waals surface area contributed by atoms with Gasteiger partial charge in [0.15, 0.2) is 0 Å². The fraction of sp³-hybridized carbons (Fsp3) is 0.294. The fourth-order valence-corrected chi connectivity index (χ4v) is 3.51. The Labute approximate surface area is 129 Å². The monoisotopic (exact) mass is 306 g/mol. The molecule has 1 aliphatic rings. The van der Waals surface area contributed by atoms with Crippen LogP contribution >= 0.6 is 23.2 Å². The maximum absolute atomic E-state index is 11.3. The molecule has 0 bridgehead atoms. The number of hydrogen-bond donors (Lipinski definition) is 1. The van der Waals surface area contributed by atoms with Crippen LogP contribution in [0.25, 0.3) is 0 Å². The zero-order valence-electron chi connectivity index (χ0n) is 11.1. The highest BCUT2D eigenvalue weighted by Gasteiger charge is 2.36. The van der Waals surface area contributed by atoms with Crippen molar-refractivity contribution in [2.24, 2.45) is 0 Å². The minimum atomic E-state index is -1.05. The van der Waals surface area contributed by atoms with Gasteiger partial charge in [-0.25, -0.2) is 0 Å². The topological polar surface area (TPSA) is 20.2 Å². The Morgan fingerprint density at radius 1 is 0.950 bits per heavy atom. The quantitative estimate of drug-likeness (QED) is 0.739. The summed E-state index contributed by atoms with van der Waals surface area (Å²) >= 11 is 12.4. The van der Waals surface area contributed by atoms with E-state index in [4.69, 9.17) is 23.2 Å². The smallest absolute Gasteiger partial charge is 0.116 e. The third-order valence-electron chi connectivity index (χ3n) is 4.07. The first-order chi connectivity index (χ1) is 9.61. The van der Waals surface area contributed by atoms with Crippen molar-refractivity contribution >= 4 is 23.2 Å². The molecule has 0 spiro atoms. The Bertz CT molecular complexity index is 639. The summed E-state index contributed by atoms with van der Waals surface area (Å²) in [5.41, 5.74) is 1.82. The second-order valence-corrected chi connectivity index (χ2v) is 6.19. The number of aryl methyl sites for hydroxylation is 1. The molecule has 0 radical (unpaired) electrons. The zero-order valence-corrected chi connectivity index (χ0v) is 12.6. The van der Waals surface area contributed by atoms with E-state index in [0.29, 0.717) is 22.0 Å². The van der Waals surface area contributed by atoms with E-state index < -0.39 is 5.60 Å². The van der Waals surface area contributed by atoms with Crippen molar-refractivity contribution < 1.29 is 5.11 Å². The summed E-state index contributed by atoms with van der Waals surface area (Å²) in [7, 11) is 0. The number of aliphatic hydroxyl groups is 1. The molecule has 0 saturated carbocycles. The van der Waals surface area contributed by atoms with Gasteiger partial charge in [0.05, 0.1) is 0 Å². The lowest BCUT2D eigenvalue weighted by Crippen LogP contribution is -2.28. The van der Waals surface area contributed by atoms with E-state index in [9.17, 15) is 5.11 Å². The highest BCUT2D eigenvalue weighted by atomic mass is 35.5. The second-order valence-electron chi connectivity index (χ2n) is 5.35. The molecule has 1 atom stereocenters. The van der Waals surface area contributed by atoms with Gasteiger partial charge in [0, 0.05) is 15.6 Å². The molecule has 3 rings (SSSR count). The van der Waals surface area contributed by atoms with Gasteiger partial charge in [-0.1, -0.05) is 47.5 Å². The summed E-state index contributed by atoms with van der Waals surface area (Å²) in [4.78, 5) is 0. The number of rotatable bonds is 1. The Morgan fingerprint density at radius 2 is 1.75 bits per heavy atom. The highest BCUT2D eigenvalue weighted by Crippen LogP contribution is 2.42. The summed E-state index contributed by atoms with van der Waals surface area (Å²) in [6.07, 6.45) is 3.71. The van der Waals surface area contributed by atoms with E-state index in [0.717, 1.165) is 24.8 Å². The predicted octanol–water partition coefficient (Wildman–Crippen LogP) is 4.96. The molecule has 1 N–H and O–H groups in total. The van der Waals surface area contributed by atoms with E-state index in [1.165, 1.54) is 5.56 Å². The Balaban J connectivity index is 2.22. The zero-order chi connectivity index (χ0) is 14.2. The lowest BCUT2D eigenvalue weighted by Gasteiger charge is -2.30. The number of halogens is 2. The molecule has 20 heavy (non-hydrogen) atoms. The third kappa shape index (κ3) is 2.35. The first-order valence-corrected chi connectivity index (χ1v) is 7.63. The first-order valence-electron chi connectivity index (χ1n) is 6.87. The van der Waals surface area contributed by atoms with Crippen LogP contribution in [0.3, 0.4) is 0 Å². The summed E-state index contributed by atoms with van der Waals surface area (Å²) < 4.78 is 0. The van der Waals surface area contributed by atoms with Crippen molar-refractivity contribution in [2.45, 2.75) is 31.3 Å². The van der Waals surface area contributed by atoms with Gasteiger partial charge in [-0.15, -0.1) is 0 Å². The molecule has 0 fully saturated rings. The maximum Gasteiger partial charge on any atom is 0.116 e. The number of hydrogen-bond acceptors (Lipinski definition) is 1. The Kier molecular flexibility index (Phi) is 3.76. The highest BCUT2D eigenvalue weighted by molar-refractivity contribution is 6.33. The van der Waals surface area contributed by atoms with Crippen LogP contribution in [-0.2, 0) is 12.0 Å². The molecule has 0 heterocycles. The molecule has 0 aromatic heterocycles. The van der Waals surface area contributed by atoms with Gasteiger partial charge in [-0.3, -0.25) is 0 Å². The first kappa shape index (κ1) is 13.9. The van der Waals surface area contributed by atoms with E-state index in [1.807, 2.05) is 18.2 Å². The molecule has 0 amide bonds. The Morgan fingerprint density at radius 3 is 2.60 bits per heavy atom. The van der Waals surface area contributed by atoms with Gasteiger partial charge in [0.2, 0.25) is 0 Å². The second kappa shape index (κ2) is 5.40. The normalized spacial score (nSPS) is 22.1. The van der Waals surface area contributed by atoms with Crippen LogP contribution in [0.1, 0.15) is 36.0 Å². The van der Waals surface area contributed by atoms with Crippen LogP contribution in [0, 0.1) is 0 Å². The average molecular weight is 307 g/mol. The number of benzene rings is 2. The van der Waals surface area contributed by atoms with Gasteiger partial charge in [-0.2, -0.15) is 0 Å². The SMILES string of the molecule is OC1(c2cc(Cl)ccc2Cl)CCCCc2ccccc21. The molecule has 3 heteroatoms. The van der Waals surface area contributed by atoms with Crippen LogP contribution in [0.2, 0.25) is 10.0 Å². The van der Waals surface area contributed by atoms with Gasteiger partial charge >= 0.3 is 0 Å². The summed E-state index contributed by atoms with van der Waals surface area (Å²) in [6.45, 7) is 0. The summed E-state index contributed by atoms with van der Waals surface area (Å²) in [5, 5.41) is 12.5. The van der Waals surface area contributed by atoms with Crippen molar-refractivity contribution in [3.8, 4) is 0 Å². The van der Waals surface area contributed by atoms with E-state index in [2.05, 4.69) is 6.07 Å². The molecule has 2 aromatic rings. The largest absolute Gasteiger partial charge is 0.380 e. The van der Waals surface area contributed by atoms with Gasteiger partial charge < -0.3 is 5.11 Å². The van der Waals surface area contributed by atoms with Crippen molar-refractivity contribution in [2.75, 3.05) is 0 Å². The Hall–Kier alpha value is -1.02. The van der Waals surface area contributed by atoms with Crippen molar-refractivity contribution in [3.63, 3.8) is 0 Å². The van der Waals surface area contributed by atoms with Crippen LogP contribution in [-0.4, -0.2) is 5.11 Å². The van der Waals surface area contributed by atoms with Gasteiger partial charge in [0.1, 0.15) is 5.60 Å². The molecule has 0 aliphatic heterocycles. The molecular formula is C17H16Cl2O. The molecule has 1 aliphatic carbocycles. The minimum absolute atomic E-state index is 0.564. The minimum Gasteiger partial charge on any atom is -0.380 e. The average Bonchev–Trinajstić information content (AvgIpc) is 2.62. The molecular weight excluding hydrogens is 291 g/mol. The van der Waals surface area contributed by atoms with E-state index >= 15 is 0 Å². The van der Waals surface area contributed by atoms with Crippen molar-refractivity contribution in [3.05, 3.63) is 69.2 Å². The molecule has 1 unspecified atom stereocenters. The third-order valence-corrected chi connectivity index (χ3v) is 4.64. The molecule has 0 saturated heterocycles. The van der Waals surface area contributed by atoms with Gasteiger partial charge in [0.25, 0.3) is 0 Å². The molecule has 2 aromatic carbocycles. The lowest BCUT2D eigenvalue weighted by atomic mass is 9.82.